The Morgan fingerprint density at radius 2 is 1.67 bits per heavy atom. The molecule has 3 aliphatic heterocycles. The van der Waals surface area contributed by atoms with Gasteiger partial charge in [-0.1, -0.05) is 84.9 Å². The monoisotopic (exact) mass is 740 g/mol. The number of anilines is 1. The number of H-pyrrole nitrogens is 1. The molecule has 0 saturated carbocycles. The van der Waals surface area contributed by atoms with E-state index < -0.39 is 24.0 Å². The predicted molar refractivity (Wildman–Crippen MR) is 197 cm³/mol. The second-order valence-electron chi connectivity index (χ2n) is 13.7. The lowest BCUT2D eigenvalue weighted by molar-refractivity contribution is -0.192. The molecule has 14 heteroatoms. The van der Waals surface area contributed by atoms with E-state index >= 15 is 0 Å². The van der Waals surface area contributed by atoms with Crippen LogP contribution in [0.15, 0.2) is 114 Å². The van der Waals surface area contributed by atoms with Crippen molar-refractivity contribution in [1.82, 2.24) is 19.9 Å². The van der Waals surface area contributed by atoms with E-state index in [0.717, 1.165) is 64.8 Å². The summed E-state index contributed by atoms with van der Waals surface area (Å²) in [6.07, 6.45) is 1.88. The number of aromatic nitrogens is 2. The molecule has 4 heterocycles. The van der Waals surface area contributed by atoms with Crippen LogP contribution in [0, 0.1) is 11.8 Å². The number of para-hydroxylation sites is 2. The van der Waals surface area contributed by atoms with Crippen molar-refractivity contribution in [3.8, 4) is 0 Å². The number of allylic oxidation sites excluding steroid dienone is 1. The first-order valence-corrected chi connectivity index (χ1v) is 17.7. The number of carbonyl (C=O) groups is 2. The average Bonchev–Trinajstić information content (AvgIpc) is 3.81. The second-order valence-corrected chi connectivity index (χ2v) is 13.7. The summed E-state index contributed by atoms with van der Waals surface area (Å²) in [5.41, 5.74) is 5.19. The number of carboxylic acid groups (broad SMARTS) is 2. The number of benzene rings is 4. The fourth-order valence-electron chi connectivity index (χ4n) is 7.08. The molecule has 1 aromatic heterocycles. The number of aryl methyl sites for hydroxylation is 1. The van der Waals surface area contributed by atoms with Gasteiger partial charge >= 0.3 is 18.1 Å². The molecule has 0 spiro atoms. The third kappa shape index (κ3) is 8.89. The van der Waals surface area contributed by atoms with Gasteiger partial charge in [0.2, 0.25) is 5.95 Å². The van der Waals surface area contributed by atoms with Gasteiger partial charge in [-0.2, -0.15) is 18.2 Å². The van der Waals surface area contributed by atoms with Crippen LogP contribution in [0.5, 0.6) is 0 Å². The van der Waals surface area contributed by atoms with E-state index in [9.17, 15) is 23.1 Å². The Morgan fingerprint density at radius 1 is 0.944 bits per heavy atom. The Bertz CT molecular complexity index is 2140. The third-order valence-corrected chi connectivity index (χ3v) is 9.91. The van der Waals surface area contributed by atoms with E-state index in [1.165, 1.54) is 5.56 Å². The molecule has 5 aromatic rings. The van der Waals surface area contributed by atoms with Crippen molar-refractivity contribution >= 4 is 45.4 Å². The van der Waals surface area contributed by atoms with Crippen molar-refractivity contribution in [3.63, 3.8) is 0 Å². The first kappa shape index (κ1) is 36.6. The molecule has 2 fully saturated rings. The van der Waals surface area contributed by atoms with E-state index in [1.54, 1.807) is 0 Å². The summed E-state index contributed by atoms with van der Waals surface area (Å²) < 4.78 is 31.7. The Morgan fingerprint density at radius 3 is 2.41 bits per heavy atom. The first-order valence-electron chi connectivity index (χ1n) is 17.7. The topological polar surface area (TPSA) is 146 Å². The van der Waals surface area contributed by atoms with E-state index in [2.05, 4.69) is 76.0 Å². The fraction of sp³-hybridized carbons (Fsp3) is 0.300. The minimum absolute atomic E-state index is 0.0729. The fourth-order valence-corrected chi connectivity index (χ4v) is 7.08. The molecule has 8 rings (SSSR count). The SMILES string of the molecule is O=C(O)C(Cc1ccc2ccccc2c1)CN1C=CC(C2CN3OC3CC2Nc2nc3ccccc3[nH]2)=NC1CCc1ccccc1.O=C(O)C(F)(F)F. The Hall–Kier alpha value is -5.73. The van der Waals surface area contributed by atoms with Crippen LogP contribution >= 0.6 is 0 Å². The number of rotatable bonds is 11. The molecule has 0 aliphatic carbocycles. The summed E-state index contributed by atoms with van der Waals surface area (Å²) in [6.45, 7) is 1.11. The minimum atomic E-state index is -5.08. The molecular weight excluding hydrogens is 701 g/mol. The number of nitrogens with zero attached hydrogens (tertiary/aromatic N) is 4. The van der Waals surface area contributed by atoms with Crippen LogP contribution in [0.4, 0.5) is 19.1 Å². The van der Waals surface area contributed by atoms with Crippen molar-refractivity contribution in [2.24, 2.45) is 16.8 Å². The van der Waals surface area contributed by atoms with Gasteiger partial charge in [0.05, 0.1) is 17.0 Å². The van der Waals surface area contributed by atoms with E-state index in [1.807, 2.05) is 53.6 Å². The van der Waals surface area contributed by atoms with Crippen molar-refractivity contribution in [1.29, 1.82) is 0 Å². The number of aliphatic carboxylic acids is 2. The molecule has 4 N–H and O–H groups in total. The molecule has 54 heavy (non-hydrogen) atoms. The number of hydroxylamine groups is 2. The molecular formula is C40H39F3N6O5. The summed E-state index contributed by atoms with van der Waals surface area (Å²) in [4.78, 5) is 43.1. The molecule has 3 aliphatic rings. The number of hydrogen-bond acceptors (Lipinski definition) is 8. The van der Waals surface area contributed by atoms with Crippen molar-refractivity contribution in [2.45, 2.75) is 50.3 Å². The lowest BCUT2D eigenvalue weighted by Gasteiger charge is -2.37. The first-order chi connectivity index (χ1) is 26.0. The van der Waals surface area contributed by atoms with E-state index in [0.29, 0.717) is 13.0 Å². The van der Waals surface area contributed by atoms with Crippen LogP contribution in [0.25, 0.3) is 21.8 Å². The minimum Gasteiger partial charge on any atom is -0.481 e. The van der Waals surface area contributed by atoms with Crippen LogP contribution in [0.3, 0.4) is 0 Å². The van der Waals surface area contributed by atoms with Gasteiger partial charge in [0.15, 0.2) is 6.23 Å². The van der Waals surface area contributed by atoms with Crippen LogP contribution in [-0.4, -0.2) is 85.5 Å². The number of aromatic amines is 1. The lowest BCUT2D eigenvalue weighted by Crippen LogP contribution is -2.46. The van der Waals surface area contributed by atoms with Gasteiger partial charge in [-0.3, -0.25) is 14.6 Å². The smallest absolute Gasteiger partial charge is 0.481 e. The zero-order chi connectivity index (χ0) is 37.8. The van der Waals surface area contributed by atoms with E-state index in [-0.39, 0.29) is 24.4 Å². The normalized spacial score (nSPS) is 22.5. The summed E-state index contributed by atoms with van der Waals surface area (Å²) in [5.74, 6) is -3.31. The maximum Gasteiger partial charge on any atom is 0.490 e. The zero-order valence-electron chi connectivity index (χ0n) is 29.1. The largest absolute Gasteiger partial charge is 0.490 e. The van der Waals surface area contributed by atoms with E-state index in [4.69, 9.17) is 24.7 Å². The second kappa shape index (κ2) is 15.7. The van der Waals surface area contributed by atoms with Crippen LogP contribution in [-0.2, 0) is 27.3 Å². The number of carboxylic acids is 2. The number of imidazole rings is 1. The Kier molecular flexibility index (Phi) is 10.7. The van der Waals surface area contributed by atoms with Gasteiger partial charge in [0, 0.05) is 43.4 Å². The molecule has 4 aromatic carbocycles. The molecule has 0 radical (unpaired) electrons. The summed E-state index contributed by atoms with van der Waals surface area (Å²) in [7, 11) is 0. The highest BCUT2D eigenvalue weighted by atomic mass is 19.4. The number of halogens is 3. The van der Waals surface area contributed by atoms with Gasteiger partial charge < -0.3 is 25.4 Å². The molecule has 6 unspecified atom stereocenters. The van der Waals surface area contributed by atoms with Gasteiger partial charge in [0.25, 0.3) is 0 Å². The molecule has 0 amide bonds. The van der Waals surface area contributed by atoms with Gasteiger partial charge in [-0.15, -0.1) is 0 Å². The zero-order valence-corrected chi connectivity index (χ0v) is 29.1. The summed E-state index contributed by atoms with van der Waals surface area (Å²) in [5, 5.41) is 25.5. The van der Waals surface area contributed by atoms with Crippen LogP contribution in [0.1, 0.15) is 24.0 Å². The lowest BCUT2D eigenvalue weighted by atomic mass is 9.88. The number of fused-ring (bicyclic) bond motifs is 3. The highest BCUT2D eigenvalue weighted by Crippen LogP contribution is 2.37. The van der Waals surface area contributed by atoms with Crippen LogP contribution in [0.2, 0.25) is 0 Å². The number of nitrogens with one attached hydrogen (secondary N) is 2. The maximum absolute atomic E-state index is 12.6. The Balaban J connectivity index is 0.000000588. The number of hydrogen-bond donors (Lipinski definition) is 4. The standard InChI is InChI=1S/C38H38N6O3.C2HF3O2/c45-37(46)29(21-26-14-16-27-10-4-5-11-28(27)20-26)23-43-19-18-31(39-35(43)17-15-25-8-2-1-3-9-25)30-24-44-36(47-44)22-34(30)42-38-40-32-12-6-7-13-33(32)41-38;3-2(4,5)1(6)7/h1-14,16,18-20,29-30,34-36H,15,17,21-24H2,(H,45,46)(H2,40,41,42);(H,6,7). The van der Waals surface area contributed by atoms with Gasteiger partial charge in [0.1, 0.15) is 6.17 Å². The van der Waals surface area contributed by atoms with Crippen LogP contribution < -0.4 is 5.32 Å². The molecule has 0 bridgehead atoms. The number of alkyl halides is 3. The summed E-state index contributed by atoms with van der Waals surface area (Å²) in [6, 6.07) is 33.0. The average molecular weight is 741 g/mol. The van der Waals surface area contributed by atoms with Crippen molar-refractivity contribution in [2.75, 3.05) is 18.4 Å². The van der Waals surface area contributed by atoms with Gasteiger partial charge in [-0.25, -0.2) is 9.78 Å². The highest BCUT2D eigenvalue weighted by molar-refractivity contribution is 5.98. The summed E-state index contributed by atoms with van der Waals surface area (Å²) >= 11 is 0. The molecule has 6 atom stereocenters. The Labute approximate surface area is 308 Å². The quantitative estimate of drug-likeness (QED) is 0.106. The third-order valence-electron chi connectivity index (χ3n) is 9.91. The molecule has 2 saturated heterocycles. The maximum atomic E-state index is 12.6. The number of piperidine rings is 1. The molecule has 280 valence electrons. The van der Waals surface area contributed by atoms with Crippen molar-refractivity contribution < 1.29 is 37.8 Å². The highest BCUT2D eigenvalue weighted by Gasteiger charge is 2.49. The molecule has 11 nitrogen and oxygen atoms in total. The van der Waals surface area contributed by atoms with Gasteiger partial charge in [-0.05, 0) is 59.4 Å². The van der Waals surface area contributed by atoms with Crippen molar-refractivity contribution in [3.05, 3.63) is 120 Å². The predicted octanol–water partition coefficient (Wildman–Crippen LogP) is 6.90. The number of aliphatic imine (C=N–C) groups is 1.